The van der Waals surface area contributed by atoms with Crippen molar-refractivity contribution in [2.75, 3.05) is 0 Å². The third kappa shape index (κ3) is 34.4. The van der Waals surface area contributed by atoms with Gasteiger partial charge >= 0.3 is 17.1 Å². The monoisotopic (exact) mass is 827 g/mol. The molecule has 0 unspecified atom stereocenters. The van der Waals surface area contributed by atoms with Gasteiger partial charge < -0.3 is 17.7 Å². The van der Waals surface area contributed by atoms with Gasteiger partial charge in [-0.1, -0.05) is 182 Å². The summed E-state index contributed by atoms with van der Waals surface area (Å²) >= 11 is 0. The third-order valence-electron chi connectivity index (χ3n) is 10.8. The minimum atomic E-state index is -3.18. The van der Waals surface area contributed by atoms with Crippen molar-refractivity contribution in [2.24, 2.45) is 0 Å². The van der Waals surface area contributed by atoms with Crippen LogP contribution in [0, 0.1) is 0 Å². The lowest BCUT2D eigenvalue weighted by molar-refractivity contribution is -0.143. The van der Waals surface area contributed by atoms with E-state index in [1.807, 2.05) is 13.1 Å². The maximum absolute atomic E-state index is 13.1. The molecule has 0 fully saturated rings. The van der Waals surface area contributed by atoms with E-state index in [0.717, 1.165) is 77.0 Å². The van der Waals surface area contributed by atoms with E-state index in [2.05, 4.69) is 27.7 Å². The highest BCUT2D eigenvalue weighted by molar-refractivity contribution is 6.69. The lowest BCUT2D eigenvalue weighted by Crippen LogP contribution is -2.44. The Morgan fingerprint density at radius 2 is 0.464 bits per heavy atom. The highest BCUT2D eigenvalue weighted by atomic mass is 28.4. The summed E-state index contributed by atoms with van der Waals surface area (Å²) in [6.07, 6.45) is 33.7. The van der Waals surface area contributed by atoms with Gasteiger partial charge in [-0.2, -0.15) is 0 Å². The summed E-state index contributed by atoms with van der Waals surface area (Å²) in [5, 5.41) is 0. The van der Waals surface area contributed by atoms with Crippen LogP contribution in [-0.4, -0.2) is 41.0 Å². The number of carbonyl (C=O) groups excluding carboxylic acids is 4. The highest BCUT2D eigenvalue weighted by Gasteiger charge is 2.42. The number of hydrogen-bond donors (Lipinski definition) is 0. The van der Waals surface area contributed by atoms with Crippen molar-refractivity contribution in [1.82, 2.24) is 0 Å². The normalized spacial score (nSPS) is 11.8. The summed E-state index contributed by atoms with van der Waals surface area (Å²) in [6, 6.07) is 0.919. The second-order valence-electron chi connectivity index (χ2n) is 16.9. The van der Waals surface area contributed by atoms with Crippen molar-refractivity contribution < 1.29 is 36.9 Å². The molecule has 0 aliphatic carbocycles. The van der Waals surface area contributed by atoms with Crippen LogP contribution in [0.1, 0.15) is 246 Å². The molecule has 330 valence electrons. The van der Waals surface area contributed by atoms with Gasteiger partial charge in [-0.05, 0) is 38.5 Å². The number of hydrogen-bond acceptors (Lipinski definition) is 8. The Balaban J connectivity index is 5.37. The Kier molecular flexibility index (Phi) is 36.4. The van der Waals surface area contributed by atoms with E-state index < -0.39 is 17.1 Å². The van der Waals surface area contributed by atoms with Gasteiger partial charge in [0.1, 0.15) is 0 Å². The first kappa shape index (κ1) is 54.3. The Labute approximate surface area is 348 Å². The average Bonchev–Trinajstić information content (AvgIpc) is 3.15. The van der Waals surface area contributed by atoms with Gasteiger partial charge in [-0.25, -0.2) is 0 Å². The van der Waals surface area contributed by atoms with Crippen molar-refractivity contribution >= 4 is 41.0 Å². The van der Waals surface area contributed by atoms with Gasteiger partial charge in [0.2, 0.25) is 0 Å². The van der Waals surface area contributed by atoms with Gasteiger partial charge in [0.15, 0.2) is 0 Å². The zero-order valence-corrected chi connectivity index (χ0v) is 39.7. The van der Waals surface area contributed by atoms with Crippen molar-refractivity contribution in [1.29, 1.82) is 0 Å². The lowest BCUT2D eigenvalue weighted by atomic mass is 10.1. The van der Waals surface area contributed by atoms with Crippen molar-refractivity contribution in [3.8, 4) is 0 Å². The first-order valence-electron chi connectivity index (χ1n) is 23.9. The second kappa shape index (κ2) is 37.6. The molecule has 56 heavy (non-hydrogen) atoms. The Morgan fingerprint density at radius 1 is 0.286 bits per heavy atom. The first-order chi connectivity index (χ1) is 27.0. The molecule has 0 bridgehead atoms. The predicted octanol–water partition coefficient (Wildman–Crippen LogP) is 14.6. The van der Waals surface area contributed by atoms with Crippen LogP contribution in [0.2, 0.25) is 25.2 Å². The minimum absolute atomic E-state index is 0.283. The lowest BCUT2D eigenvalue weighted by Gasteiger charge is -2.28. The number of carbonyl (C=O) groups is 4. The van der Waals surface area contributed by atoms with Gasteiger partial charge in [0, 0.05) is 50.9 Å². The van der Waals surface area contributed by atoms with Crippen LogP contribution in [0.4, 0.5) is 0 Å². The summed E-state index contributed by atoms with van der Waals surface area (Å²) in [5.41, 5.74) is 0. The fourth-order valence-electron chi connectivity index (χ4n) is 7.21. The smallest absolute Gasteiger partial charge is 0.461 e. The quantitative estimate of drug-likeness (QED) is 0.0443. The summed E-state index contributed by atoms with van der Waals surface area (Å²) in [5.74, 6) is -1.13. The summed E-state index contributed by atoms with van der Waals surface area (Å²) < 4.78 is 24.2. The topological polar surface area (TPSA) is 105 Å². The van der Waals surface area contributed by atoms with Crippen LogP contribution in [-0.2, 0) is 36.9 Å². The molecule has 0 heterocycles. The summed E-state index contributed by atoms with van der Waals surface area (Å²) in [6.45, 7) is 12.5. The van der Waals surface area contributed by atoms with E-state index in [4.69, 9.17) is 17.7 Å². The molecule has 0 atom stereocenters. The molecule has 0 saturated heterocycles. The molecule has 0 saturated carbocycles. The molecule has 0 aliphatic rings. The molecule has 0 rings (SSSR count). The predicted molar refractivity (Wildman–Crippen MR) is 237 cm³/mol. The Bertz CT molecular complexity index is 835. The zero-order chi connectivity index (χ0) is 41.6. The molecule has 0 radical (unpaired) electrons. The van der Waals surface area contributed by atoms with Crippen LogP contribution in [0.25, 0.3) is 0 Å². The largest absolute Gasteiger partial charge is 0.485 e. The van der Waals surface area contributed by atoms with E-state index in [-0.39, 0.29) is 23.9 Å². The molecule has 0 aromatic heterocycles. The standard InChI is InChI=1S/C46H90O8Si2/c1-7-11-15-19-23-27-31-37-43(47)51-55(5,52-44(48)38-32-28-24-20-16-12-8-2)41-35-36-42-56(6,53-45(49)39-33-29-25-21-17-13-9-3)54-46(50)40-34-30-26-22-18-14-10-4/h7-42H2,1-6H3. The molecule has 8 nitrogen and oxygen atoms in total. The average molecular weight is 827 g/mol. The second-order valence-corrected chi connectivity index (χ2v) is 23.2. The van der Waals surface area contributed by atoms with E-state index in [1.165, 1.54) is 103 Å². The Morgan fingerprint density at radius 3 is 0.661 bits per heavy atom. The molecule has 0 aliphatic heterocycles. The first-order valence-corrected chi connectivity index (χ1v) is 28.9. The van der Waals surface area contributed by atoms with Crippen LogP contribution < -0.4 is 0 Å². The summed E-state index contributed by atoms with van der Waals surface area (Å²) in [7, 11) is -6.35. The number of rotatable bonds is 41. The number of unbranched alkanes of at least 4 members (excludes halogenated alkanes) is 25. The molecular weight excluding hydrogens is 737 g/mol. The summed E-state index contributed by atoms with van der Waals surface area (Å²) in [4.78, 5) is 52.2. The fraction of sp³-hybridized carbons (Fsp3) is 0.913. The van der Waals surface area contributed by atoms with Gasteiger partial charge in [0.05, 0.1) is 0 Å². The molecule has 0 N–H and O–H groups in total. The molecule has 10 heteroatoms. The van der Waals surface area contributed by atoms with E-state index >= 15 is 0 Å². The molecular formula is C46H90O8Si2. The SMILES string of the molecule is CCCCCCCCCC(=O)O[Si](C)(CCCC[Si](C)(OC(=O)CCCCCCCCC)OC(=O)CCCCCCCCC)OC(=O)CCCCCCCCC. The Hall–Kier alpha value is -1.69. The highest BCUT2D eigenvalue weighted by Crippen LogP contribution is 2.26. The van der Waals surface area contributed by atoms with Crippen LogP contribution in [0.5, 0.6) is 0 Å². The van der Waals surface area contributed by atoms with Crippen molar-refractivity contribution in [2.45, 2.75) is 271 Å². The molecule has 0 aromatic rings. The van der Waals surface area contributed by atoms with Gasteiger partial charge in [0.25, 0.3) is 23.9 Å². The van der Waals surface area contributed by atoms with E-state index in [9.17, 15) is 19.2 Å². The third-order valence-corrected chi connectivity index (χ3v) is 15.9. The van der Waals surface area contributed by atoms with Gasteiger partial charge in [-0.3, -0.25) is 19.2 Å². The maximum Gasteiger partial charge on any atom is 0.461 e. The molecule has 0 aromatic carbocycles. The zero-order valence-electron chi connectivity index (χ0n) is 37.7. The van der Waals surface area contributed by atoms with Crippen LogP contribution in [0.15, 0.2) is 0 Å². The fourth-order valence-corrected chi connectivity index (χ4v) is 11.8. The van der Waals surface area contributed by atoms with Crippen molar-refractivity contribution in [3.05, 3.63) is 0 Å². The van der Waals surface area contributed by atoms with E-state index in [1.54, 1.807) is 0 Å². The minimum Gasteiger partial charge on any atom is -0.485 e. The van der Waals surface area contributed by atoms with Gasteiger partial charge in [-0.15, -0.1) is 0 Å². The van der Waals surface area contributed by atoms with Crippen LogP contribution in [0.3, 0.4) is 0 Å². The van der Waals surface area contributed by atoms with Crippen LogP contribution >= 0.6 is 0 Å². The maximum atomic E-state index is 13.1. The van der Waals surface area contributed by atoms with E-state index in [0.29, 0.717) is 50.6 Å². The van der Waals surface area contributed by atoms with Crippen molar-refractivity contribution in [3.63, 3.8) is 0 Å². The molecule has 0 amide bonds. The molecule has 0 spiro atoms.